The lowest BCUT2D eigenvalue weighted by atomic mass is 9.96. The number of benzene rings is 2. The van der Waals surface area contributed by atoms with Gasteiger partial charge in [0.05, 0.1) is 18.2 Å². The summed E-state index contributed by atoms with van der Waals surface area (Å²) in [5.74, 6) is 1.68. The molecule has 1 aromatic heterocycles. The summed E-state index contributed by atoms with van der Waals surface area (Å²) in [6, 6.07) is 18.0. The summed E-state index contributed by atoms with van der Waals surface area (Å²) < 4.78 is 5.27. The van der Waals surface area contributed by atoms with Crippen LogP contribution in [0, 0.1) is 5.41 Å². The van der Waals surface area contributed by atoms with E-state index >= 15 is 0 Å². The molecule has 1 aliphatic heterocycles. The van der Waals surface area contributed by atoms with Crippen LogP contribution in [0.4, 0.5) is 11.5 Å². The largest absolute Gasteiger partial charge is 0.497 e. The fourth-order valence-electron chi connectivity index (χ4n) is 3.94. The molecule has 1 fully saturated rings. The fraction of sp³-hybridized carbons (Fsp3) is 0.385. The molecule has 0 bridgehead atoms. The number of para-hydroxylation sites is 1. The second-order valence-electron chi connectivity index (χ2n) is 9.46. The Morgan fingerprint density at radius 1 is 1.00 bits per heavy atom. The van der Waals surface area contributed by atoms with Gasteiger partial charge in [-0.15, -0.1) is 0 Å². The molecule has 32 heavy (non-hydrogen) atoms. The molecule has 0 aliphatic carbocycles. The zero-order chi connectivity index (χ0) is 22.7. The minimum Gasteiger partial charge on any atom is -0.497 e. The minimum absolute atomic E-state index is 0.0269. The van der Waals surface area contributed by atoms with Crippen molar-refractivity contribution in [2.24, 2.45) is 5.41 Å². The van der Waals surface area contributed by atoms with Crippen LogP contribution in [0.25, 0.3) is 10.9 Å². The van der Waals surface area contributed by atoms with E-state index in [1.54, 1.807) is 7.11 Å². The predicted molar refractivity (Wildman–Crippen MR) is 131 cm³/mol. The quantitative estimate of drug-likeness (QED) is 0.650. The number of hydrogen-bond acceptors (Lipinski definition) is 5. The van der Waals surface area contributed by atoms with Crippen LogP contribution >= 0.6 is 0 Å². The molecular weight excluding hydrogens is 400 g/mol. The first-order valence-electron chi connectivity index (χ1n) is 11.2. The van der Waals surface area contributed by atoms with Gasteiger partial charge in [-0.2, -0.15) is 0 Å². The Bertz CT molecular complexity index is 1080. The van der Waals surface area contributed by atoms with E-state index in [4.69, 9.17) is 9.72 Å². The number of rotatable bonds is 5. The van der Waals surface area contributed by atoms with E-state index in [1.807, 2.05) is 42.5 Å². The Kier molecular flexibility index (Phi) is 6.21. The van der Waals surface area contributed by atoms with Crippen LogP contribution < -0.4 is 19.9 Å². The Labute approximate surface area is 190 Å². The Morgan fingerprint density at radius 3 is 2.31 bits per heavy atom. The summed E-state index contributed by atoms with van der Waals surface area (Å²) >= 11 is 0. The summed E-state index contributed by atoms with van der Waals surface area (Å²) in [6.45, 7) is 10.5. The van der Waals surface area contributed by atoms with E-state index in [0.717, 1.165) is 48.6 Å². The van der Waals surface area contributed by atoms with Crippen LogP contribution in [0.2, 0.25) is 0 Å². The van der Waals surface area contributed by atoms with Gasteiger partial charge in [-0.3, -0.25) is 4.79 Å². The molecule has 4 rings (SSSR count). The van der Waals surface area contributed by atoms with Crippen LogP contribution in [0.5, 0.6) is 5.75 Å². The molecule has 3 aromatic rings. The molecule has 1 aliphatic rings. The Balaban J connectivity index is 1.53. The molecule has 6 heteroatoms. The lowest BCUT2D eigenvalue weighted by molar-refractivity contribution is 0.0941. The molecule has 0 unspecified atom stereocenters. The smallest absolute Gasteiger partial charge is 0.252 e. The summed E-state index contributed by atoms with van der Waals surface area (Å²) in [4.78, 5) is 22.6. The van der Waals surface area contributed by atoms with Gasteiger partial charge in [-0.1, -0.05) is 39.0 Å². The molecule has 0 radical (unpaired) electrons. The maximum absolute atomic E-state index is 13.1. The lowest BCUT2D eigenvalue weighted by Gasteiger charge is -2.37. The molecule has 1 amide bonds. The number of piperazine rings is 1. The summed E-state index contributed by atoms with van der Waals surface area (Å²) in [5, 5.41) is 3.98. The van der Waals surface area contributed by atoms with Crippen LogP contribution in [-0.4, -0.2) is 50.7 Å². The van der Waals surface area contributed by atoms with Gasteiger partial charge < -0.3 is 19.9 Å². The highest BCUT2D eigenvalue weighted by Gasteiger charge is 2.22. The van der Waals surface area contributed by atoms with Crippen molar-refractivity contribution in [1.82, 2.24) is 10.3 Å². The van der Waals surface area contributed by atoms with Gasteiger partial charge in [-0.25, -0.2) is 4.98 Å². The SMILES string of the molecule is COc1ccc(N2CCN(c3cc(C(=O)NCC(C)(C)C)c4ccccc4n3)CC2)cc1. The first kappa shape index (κ1) is 21.9. The van der Waals surface area contributed by atoms with Crippen molar-refractivity contribution >= 4 is 28.3 Å². The number of carbonyl (C=O) groups is 1. The van der Waals surface area contributed by atoms with Gasteiger partial charge in [-0.05, 0) is 41.8 Å². The van der Waals surface area contributed by atoms with Gasteiger partial charge in [0, 0.05) is 43.8 Å². The van der Waals surface area contributed by atoms with Crippen LogP contribution in [0.3, 0.4) is 0 Å². The summed E-state index contributed by atoms with van der Waals surface area (Å²) in [6.07, 6.45) is 0. The van der Waals surface area contributed by atoms with E-state index in [1.165, 1.54) is 5.69 Å². The molecule has 1 N–H and O–H groups in total. The average Bonchev–Trinajstić information content (AvgIpc) is 2.81. The number of fused-ring (bicyclic) bond motifs is 1. The topological polar surface area (TPSA) is 57.7 Å². The number of nitrogens with zero attached hydrogens (tertiary/aromatic N) is 3. The zero-order valence-corrected chi connectivity index (χ0v) is 19.4. The van der Waals surface area contributed by atoms with E-state index < -0.39 is 0 Å². The van der Waals surface area contributed by atoms with E-state index in [9.17, 15) is 4.79 Å². The van der Waals surface area contributed by atoms with Crippen LogP contribution in [0.15, 0.2) is 54.6 Å². The average molecular weight is 433 g/mol. The third-order valence-electron chi connectivity index (χ3n) is 5.77. The summed E-state index contributed by atoms with van der Waals surface area (Å²) in [7, 11) is 1.68. The normalized spacial score (nSPS) is 14.5. The predicted octanol–water partition coefficient (Wildman–Crippen LogP) is 4.35. The van der Waals surface area contributed by atoms with Crippen LogP contribution in [-0.2, 0) is 0 Å². The zero-order valence-electron chi connectivity index (χ0n) is 19.4. The van der Waals surface area contributed by atoms with Crippen molar-refractivity contribution in [3.63, 3.8) is 0 Å². The number of ether oxygens (including phenoxy) is 1. The van der Waals surface area contributed by atoms with Crippen molar-refractivity contribution in [1.29, 1.82) is 0 Å². The number of pyridine rings is 1. The molecule has 0 saturated carbocycles. The van der Waals surface area contributed by atoms with Gasteiger partial charge in [0.1, 0.15) is 11.6 Å². The standard InChI is InChI=1S/C26H32N4O2/c1-26(2,3)18-27-25(31)22-17-24(28-23-8-6-5-7-21(22)23)30-15-13-29(14-16-30)19-9-11-20(32-4)12-10-19/h5-12,17H,13-16,18H2,1-4H3,(H,27,31). The number of hydrogen-bond donors (Lipinski definition) is 1. The van der Waals surface area contributed by atoms with E-state index in [0.29, 0.717) is 12.1 Å². The second-order valence-corrected chi connectivity index (χ2v) is 9.46. The number of nitrogens with one attached hydrogen (secondary N) is 1. The molecular formula is C26H32N4O2. The first-order valence-corrected chi connectivity index (χ1v) is 11.2. The van der Waals surface area contributed by atoms with Gasteiger partial charge in [0.2, 0.25) is 0 Å². The molecule has 0 atom stereocenters. The maximum atomic E-state index is 13.1. The second kappa shape index (κ2) is 9.07. The van der Waals surface area contributed by atoms with E-state index in [2.05, 4.69) is 48.0 Å². The van der Waals surface area contributed by atoms with Crippen molar-refractivity contribution in [2.45, 2.75) is 20.8 Å². The highest BCUT2D eigenvalue weighted by molar-refractivity contribution is 6.07. The minimum atomic E-state index is -0.0448. The number of amides is 1. The Hall–Kier alpha value is -3.28. The molecule has 0 spiro atoms. The first-order chi connectivity index (χ1) is 15.3. The summed E-state index contributed by atoms with van der Waals surface area (Å²) in [5.41, 5.74) is 2.76. The third kappa shape index (κ3) is 4.96. The molecule has 168 valence electrons. The lowest BCUT2D eigenvalue weighted by Crippen LogP contribution is -2.47. The van der Waals surface area contributed by atoms with Crippen molar-refractivity contribution in [2.75, 3.05) is 49.6 Å². The monoisotopic (exact) mass is 432 g/mol. The molecule has 2 aromatic carbocycles. The van der Waals surface area contributed by atoms with Crippen molar-refractivity contribution < 1.29 is 9.53 Å². The number of carbonyl (C=O) groups excluding carboxylic acids is 1. The highest BCUT2D eigenvalue weighted by atomic mass is 16.5. The highest BCUT2D eigenvalue weighted by Crippen LogP contribution is 2.26. The molecule has 2 heterocycles. The molecule has 6 nitrogen and oxygen atoms in total. The van der Waals surface area contributed by atoms with Crippen molar-refractivity contribution in [3.05, 3.63) is 60.2 Å². The van der Waals surface area contributed by atoms with Crippen LogP contribution in [0.1, 0.15) is 31.1 Å². The number of aromatic nitrogens is 1. The fourth-order valence-corrected chi connectivity index (χ4v) is 3.94. The maximum Gasteiger partial charge on any atom is 0.252 e. The van der Waals surface area contributed by atoms with Gasteiger partial charge in [0.15, 0.2) is 0 Å². The molecule has 1 saturated heterocycles. The Morgan fingerprint density at radius 2 is 1.66 bits per heavy atom. The number of methoxy groups -OCH3 is 1. The van der Waals surface area contributed by atoms with Gasteiger partial charge >= 0.3 is 0 Å². The third-order valence-corrected chi connectivity index (χ3v) is 5.77. The number of anilines is 2. The van der Waals surface area contributed by atoms with Crippen molar-refractivity contribution in [3.8, 4) is 5.75 Å². The van der Waals surface area contributed by atoms with E-state index in [-0.39, 0.29) is 11.3 Å². The van der Waals surface area contributed by atoms with Gasteiger partial charge in [0.25, 0.3) is 5.91 Å².